The average molecular weight is 406 g/mol. The molecule has 0 saturated carbocycles. The van der Waals surface area contributed by atoms with Gasteiger partial charge in [-0.05, 0) is 37.6 Å². The number of benzene rings is 2. The molecule has 144 valence electrons. The van der Waals surface area contributed by atoms with Gasteiger partial charge in [0.2, 0.25) is 5.91 Å². The number of nitrogens with zero attached hydrogens (tertiary/aromatic N) is 2. The first-order valence-corrected chi connectivity index (χ1v) is 10.1. The highest BCUT2D eigenvalue weighted by atomic mass is 35.5. The first kappa shape index (κ1) is 20.2. The fourth-order valence-corrected chi connectivity index (χ4v) is 3.73. The van der Waals surface area contributed by atoms with E-state index in [9.17, 15) is 4.79 Å². The molecule has 1 aliphatic heterocycles. The predicted molar refractivity (Wildman–Crippen MR) is 112 cm³/mol. The van der Waals surface area contributed by atoms with Crippen LogP contribution in [0.2, 0.25) is 10.0 Å². The van der Waals surface area contributed by atoms with E-state index >= 15 is 0 Å². The number of halogens is 2. The highest BCUT2D eigenvalue weighted by Gasteiger charge is 2.24. The Hall–Kier alpha value is -1.59. The van der Waals surface area contributed by atoms with Crippen molar-refractivity contribution in [3.8, 4) is 0 Å². The molecular formula is C21H25Cl2N3O. The van der Waals surface area contributed by atoms with Crippen LogP contribution in [0.3, 0.4) is 0 Å². The maximum Gasteiger partial charge on any atom is 0.241 e. The monoisotopic (exact) mass is 405 g/mol. The standard InChI is InChI=1S/C21H25Cl2N3O/c1-16(21(27)24-19-10-5-9-18(22)20(19)23)26-12-6-11-25(13-14-26)15-17-7-3-2-4-8-17/h2-5,7-10,16H,6,11-15H2,1H3,(H,24,27). The van der Waals surface area contributed by atoms with Crippen LogP contribution in [0.4, 0.5) is 5.69 Å². The highest BCUT2D eigenvalue weighted by Crippen LogP contribution is 2.29. The third kappa shape index (κ3) is 5.45. The van der Waals surface area contributed by atoms with Gasteiger partial charge in [-0.2, -0.15) is 0 Å². The zero-order valence-corrected chi connectivity index (χ0v) is 17.0. The predicted octanol–water partition coefficient (Wildman–Crippen LogP) is 4.53. The number of anilines is 1. The first-order valence-electron chi connectivity index (χ1n) is 9.30. The number of rotatable bonds is 5. The maximum absolute atomic E-state index is 12.7. The van der Waals surface area contributed by atoms with Gasteiger partial charge in [0, 0.05) is 26.2 Å². The van der Waals surface area contributed by atoms with Crippen LogP contribution in [0.25, 0.3) is 0 Å². The van der Waals surface area contributed by atoms with Gasteiger partial charge in [-0.25, -0.2) is 0 Å². The lowest BCUT2D eigenvalue weighted by Gasteiger charge is -2.27. The van der Waals surface area contributed by atoms with Crippen LogP contribution in [-0.2, 0) is 11.3 Å². The Labute approximate surface area is 171 Å². The largest absolute Gasteiger partial charge is 0.323 e. The Morgan fingerprint density at radius 2 is 1.81 bits per heavy atom. The molecule has 2 aromatic rings. The summed E-state index contributed by atoms with van der Waals surface area (Å²) >= 11 is 12.2. The second-order valence-corrected chi connectivity index (χ2v) is 7.70. The molecule has 0 spiro atoms. The number of carbonyl (C=O) groups excluding carboxylic acids is 1. The molecule has 1 amide bonds. The number of hydrogen-bond acceptors (Lipinski definition) is 3. The van der Waals surface area contributed by atoms with Gasteiger partial charge in [-0.3, -0.25) is 14.6 Å². The van der Waals surface area contributed by atoms with Crippen molar-refractivity contribution in [2.75, 3.05) is 31.5 Å². The Morgan fingerprint density at radius 1 is 1.04 bits per heavy atom. The molecule has 1 unspecified atom stereocenters. The Balaban J connectivity index is 1.56. The van der Waals surface area contributed by atoms with Crippen LogP contribution < -0.4 is 5.32 Å². The molecule has 27 heavy (non-hydrogen) atoms. The molecule has 1 aliphatic rings. The molecule has 0 radical (unpaired) electrons. The lowest BCUT2D eigenvalue weighted by Crippen LogP contribution is -2.43. The zero-order chi connectivity index (χ0) is 19.2. The van der Waals surface area contributed by atoms with Crippen LogP contribution in [0.5, 0.6) is 0 Å². The van der Waals surface area contributed by atoms with Crippen molar-refractivity contribution in [1.82, 2.24) is 9.80 Å². The summed E-state index contributed by atoms with van der Waals surface area (Å²) < 4.78 is 0. The lowest BCUT2D eigenvalue weighted by atomic mass is 10.2. The van der Waals surface area contributed by atoms with E-state index in [1.165, 1.54) is 5.56 Å². The second kappa shape index (κ2) is 9.56. The molecule has 1 atom stereocenters. The topological polar surface area (TPSA) is 35.6 Å². The molecule has 1 fully saturated rings. The fourth-order valence-electron chi connectivity index (χ4n) is 3.38. The van der Waals surface area contributed by atoms with Crippen molar-refractivity contribution in [3.63, 3.8) is 0 Å². The van der Waals surface area contributed by atoms with Gasteiger partial charge in [-0.15, -0.1) is 0 Å². The Bertz CT molecular complexity index is 769. The van der Waals surface area contributed by atoms with Crippen LogP contribution in [-0.4, -0.2) is 47.9 Å². The quantitative estimate of drug-likeness (QED) is 0.793. The van der Waals surface area contributed by atoms with Crippen LogP contribution >= 0.6 is 23.2 Å². The molecule has 4 nitrogen and oxygen atoms in total. The summed E-state index contributed by atoms with van der Waals surface area (Å²) in [6, 6.07) is 15.5. The van der Waals surface area contributed by atoms with Crippen molar-refractivity contribution in [2.24, 2.45) is 0 Å². The molecule has 3 rings (SSSR count). The molecule has 0 aliphatic carbocycles. The number of hydrogen-bond donors (Lipinski definition) is 1. The summed E-state index contributed by atoms with van der Waals surface area (Å²) in [5.74, 6) is -0.0596. The summed E-state index contributed by atoms with van der Waals surface area (Å²) in [7, 11) is 0. The van der Waals surface area contributed by atoms with Crippen LogP contribution in [0, 0.1) is 0 Å². The van der Waals surface area contributed by atoms with Crippen LogP contribution in [0.1, 0.15) is 18.9 Å². The van der Waals surface area contributed by atoms with Gasteiger partial charge in [0.15, 0.2) is 0 Å². The minimum atomic E-state index is -0.225. The smallest absolute Gasteiger partial charge is 0.241 e. The van der Waals surface area contributed by atoms with E-state index in [0.717, 1.165) is 39.1 Å². The molecule has 1 heterocycles. The van der Waals surface area contributed by atoms with Crippen molar-refractivity contribution in [3.05, 3.63) is 64.1 Å². The summed E-state index contributed by atoms with van der Waals surface area (Å²) in [4.78, 5) is 17.4. The lowest BCUT2D eigenvalue weighted by molar-refractivity contribution is -0.120. The normalized spacial score (nSPS) is 17.3. The molecule has 0 aromatic heterocycles. The maximum atomic E-state index is 12.7. The Morgan fingerprint density at radius 3 is 2.59 bits per heavy atom. The van der Waals surface area contributed by atoms with E-state index in [-0.39, 0.29) is 11.9 Å². The molecule has 6 heteroatoms. The van der Waals surface area contributed by atoms with Gasteiger partial charge < -0.3 is 5.32 Å². The Kier molecular flexibility index (Phi) is 7.13. The van der Waals surface area contributed by atoms with E-state index < -0.39 is 0 Å². The average Bonchev–Trinajstić information content (AvgIpc) is 2.91. The third-order valence-corrected chi connectivity index (χ3v) is 5.83. The van der Waals surface area contributed by atoms with Gasteiger partial charge in [-0.1, -0.05) is 59.6 Å². The fraction of sp³-hybridized carbons (Fsp3) is 0.381. The number of carbonyl (C=O) groups is 1. The van der Waals surface area contributed by atoms with E-state index in [2.05, 4.69) is 39.4 Å². The minimum absolute atomic E-state index is 0.0596. The van der Waals surface area contributed by atoms with Crippen molar-refractivity contribution in [1.29, 1.82) is 0 Å². The minimum Gasteiger partial charge on any atom is -0.323 e. The van der Waals surface area contributed by atoms with Gasteiger partial charge in [0.1, 0.15) is 0 Å². The third-order valence-electron chi connectivity index (χ3n) is 5.01. The highest BCUT2D eigenvalue weighted by molar-refractivity contribution is 6.44. The summed E-state index contributed by atoms with van der Waals surface area (Å²) in [5, 5.41) is 3.73. The first-order chi connectivity index (χ1) is 13.0. The molecular weight excluding hydrogens is 381 g/mol. The SMILES string of the molecule is CC(C(=O)Nc1cccc(Cl)c1Cl)N1CCCN(Cc2ccccc2)CC1. The zero-order valence-electron chi connectivity index (χ0n) is 15.5. The molecule has 2 aromatic carbocycles. The number of nitrogens with one attached hydrogen (secondary N) is 1. The van der Waals surface area contributed by atoms with Gasteiger partial charge >= 0.3 is 0 Å². The molecule has 1 N–H and O–H groups in total. The van der Waals surface area contributed by atoms with Gasteiger partial charge in [0.05, 0.1) is 21.8 Å². The van der Waals surface area contributed by atoms with E-state index in [4.69, 9.17) is 23.2 Å². The second-order valence-electron chi connectivity index (χ2n) is 6.92. The van der Waals surface area contributed by atoms with E-state index in [1.807, 2.05) is 13.0 Å². The number of amides is 1. The summed E-state index contributed by atoms with van der Waals surface area (Å²) in [6.45, 7) is 6.66. The molecule has 1 saturated heterocycles. The summed E-state index contributed by atoms with van der Waals surface area (Å²) in [5.41, 5.74) is 1.88. The van der Waals surface area contributed by atoms with Crippen molar-refractivity contribution < 1.29 is 4.79 Å². The summed E-state index contributed by atoms with van der Waals surface area (Å²) in [6.07, 6.45) is 1.04. The van der Waals surface area contributed by atoms with Crippen molar-refractivity contribution >= 4 is 34.8 Å². The van der Waals surface area contributed by atoms with Gasteiger partial charge in [0.25, 0.3) is 0 Å². The van der Waals surface area contributed by atoms with E-state index in [1.54, 1.807) is 18.2 Å². The van der Waals surface area contributed by atoms with Crippen LogP contribution in [0.15, 0.2) is 48.5 Å². The van der Waals surface area contributed by atoms with Crippen molar-refractivity contribution in [2.45, 2.75) is 25.9 Å². The molecule has 0 bridgehead atoms. The van der Waals surface area contributed by atoms with E-state index in [0.29, 0.717) is 15.7 Å².